The van der Waals surface area contributed by atoms with Crippen molar-refractivity contribution in [3.05, 3.63) is 77.2 Å². The normalized spacial score (nSPS) is 18.5. The molecule has 0 radical (unpaired) electrons. The molecule has 1 atom stereocenters. The number of primary amides is 1. The maximum atomic E-state index is 11.0. The average molecular weight is 502 g/mol. The Morgan fingerprint density at radius 3 is 2.36 bits per heavy atom. The number of hydrogen-bond acceptors (Lipinski definition) is 6. The standard InChI is InChI=1S/C28H28ClN5O2/c29-23-6-3-21(4-7-23)22-5-9-24(31-18-22)8-1-20-2-10-27(32-17-20)34-14-11-25(19-34)33-15-12-26(13-16-33)36-28(30)35/h2-7,9-10,17-18,25-26H,11-16,19H2,(H2,30,35)/t25-/m0/s1. The predicted molar refractivity (Wildman–Crippen MR) is 141 cm³/mol. The molecule has 7 nitrogen and oxygen atoms in total. The molecule has 2 aromatic heterocycles. The molecule has 0 aliphatic carbocycles. The molecule has 1 aromatic carbocycles. The van der Waals surface area contributed by atoms with Crippen molar-refractivity contribution < 1.29 is 9.53 Å². The van der Waals surface area contributed by atoms with Crippen LogP contribution in [-0.4, -0.2) is 59.3 Å². The van der Waals surface area contributed by atoms with Crippen LogP contribution in [0.2, 0.25) is 5.02 Å². The zero-order valence-corrected chi connectivity index (χ0v) is 20.7. The molecule has 0 saturated carbocycles. The predicted octanol–water partition coefficient (Wildman–Crippen LogP) is 4.34. The average Bonchev–Trinajstić information content (AvgIpc) is 3.39. The smallest absolute Gasteiger partial charge is 0.404 e. The van der Waals surface area contributed by atoms with Gasteiger partial charge in [-0.2, -0.15) is 0 Å². The van der Waals surface area contributed by atoms with Crippen LogP contribution < -0.4 is 10.6 Å². The number of halogens is 1. The number of nitrogens with zero attached hydrogens (tertiary/aromatic N) is 4. The van der Waals surface area contributed by atoms with Gasteiger partial charge in [-0.3, -0.25) is 4.90 Å². The van der Waals surface area contributed by atoms with Gasteiger partial charge in [0.2, 0.25) is 0 Å². The molecular formula is C28H28ClN5O2. The summed E-state index contributed by atoms with van der Waals surface area (Å²) in [6.45, 7) is 3.77. The molecule has 0 spiro atoms. The van der Waals surface area contributed by atoms with Gasteiger partial charge in [-0.1, -0.05) is 35.7 Å². The zero-order chi connectivity index (χ0) is 24.9. The highest BCUT2D eigenvalue weighted by molar-refractivity contribution is 6.30. The molecule has 8 heteroatoms. The SMILES string of the molecule is NC(=O)OC1CCN([C@H]2CCN(c3ccc(C#Cc4ccc(-c5ccc(Cl)cc5)cn4)cn3)C2)CC1. The molecule has 2 saturated heterocycles. The molecule has 1 amide bonds. The van der Waals surface area contributed by atoms with E-state index in [4.69, 9.17) is 22.1 Å². The first kappa shape index (κ1) is 24.1. The first-order valence-corrected chi connectivity index (χ1v) is 12.6. The maximum Gasteiger partial charge on any atom is 0.404 e. The molecule has 2 aliphatic heterocycles. The van der Waals surface area contributed by atoms with Gasteiger partial charge in [-0.05, 0) is 61.1 Å². The Bertz CT molecular complexity index is 1240. The van der Waals surface area contributed by atoms with E-state index in [1.165, 1.54) is 0 Å². The number of ether oxygens (including phenoxy) is 1. The summed E-state index contributed by atoms with van der Waals surface area (Å²) in [5.74, 6) is 7.25. The lowest BCUT2D eigenvalue weighted by molar-refractivity contribution is 0.0452. The molecule has 3 aromatic rings. The van der Waals surface area contributed by atoms with E-state index >= 15 is 0 Å². The van der Waals surface area contributed by atoms with Gasteiger partial charge in [-0.15, -0.1) is 0 Å². The third kappa shape index (κ3) is 5.96. The van der Waals surface area contributed by atoms with Crippen molar-refractivity contribution >= 4 is 23.5 Å². The number of carbonyl (C=O) groups excluding carboxylic acids is 1. The van der Waals surface area contributed by atoms with Gasteiger partial charge >= 0.3 is 6.09 Å². The molecule has 0 bridgehead atoms. The number of likely N-dealkylation sites (tertiary alicyclic amines) is 1. The molecule has 36 heavy (non-hydrogen) atoms. The minimum Gasteiger partial charge on any atom is -0.446 e. The third-order valence-electron chi connectivity index (χ3n) is 6.79. The van der Waals surface area contributed by atoms with Gasteiger partial charge in [0.15, 0.2) is 0 Å². The molecule has 0 unspecified atom stereocenters. The van der Waals surface area contributed by atoms with Crippen molar-refractivity contribution in [2.75, 3.05) is 31.1 Å². The molecule has 4 heterocycles. The van der Waals surface area contributed by atoms with Gasteiger partial charge in [0.05, 0.1) is 0 Å². The van der Waals surface area contributed by atoms with E-state index in [1.807, 2.05) is 60.9 Å². The molecule has 2 fully saturated rings. The minimum absolute atomic E-state index is 0.0526. The van der Waals surface area contributed by atoms with Crippen LogP contribution in [0.25, 0.3) is 11.1 Å². The van der Waals surface area contributed by atoms with Crippen LogP contribution in [0, 0.1) is 11.8 Å². The van der Waals surface area contributed by atoms with Gasteiger partial charge in [0, 0.05) is 60.8 Å². The maximum absolute atomic E-state index is 11.0. The first-order chi connectivity index (χ1) is 17.5. The van der Waals surface area contributed by atoms with Crippen LogP contribution in [0.1, 0.15) is 30.5 Å². The van der Waals surface area contributed by atoms with Gasteiger partial charge in [0.1, 0.15) is 17.6 Å². The van der Waals surface area contributed by atoms with Crippen molar-refractivity contribution in [2.45, 2.75) is 31.4 Å². The molecule has 2 aliphatic rings. The Morgan fingerprint density at radius 1 is 0.917 bits per heavy atom. The number of hydrogen-bond donors (Lipinski definition) is 1. The lowest BCUT2D eigenvalue weighted by atomic mass is 10.1. The lowest BCUT2D eigenvalue weighted by Crippen LogP contribution is -2.45. The molecular weight excluding hydrogens is 474 g/mol. The summed E-state index contributed by atoms with van der Waals surface area (Å²) in [5.41, 5.74) is 8.81. The van der Waals surface area contributed by atoms with E-state index in [0.717, 1.165) is 67.9 Å². The van der Waals surface area contributed by atoms with Crippen LogP contribution in [0.3, 0.4) is 0 Å². The first-order valence-electron chi connectivity index (χ1n) is 12.2. The number of piperidine rings is 1. The van der Waals surface area contributed by atoms with E-state index in [2.05, 4.69) is 31.6 Å². The number of rotatable bonds is 4. The Morgan fingerprint density at radius 2 is 1.69 bits per heavy atom. The fourth-order valence-electron chi connectivity index (χ4n) is 4.84. The van der Waals surface area contributed by atoms with E-state index in [-0.39, 0.29) is 6.10 Å². The number of pyridine rings is 2. The number of nitrogens with two attached hydrogens (primary N) is 1. The van der Waals surface area contributed by atoms with Crippen molar-refractivity contribution in [1.29, 1.82) is 0 Å². The third-order valence-corrected chi connectivity index (χ3v) is 7.04. The second-order valence-electron chi connectivity index (χ2n) is 9.15. The summed E-state index contributed by atoms with van der Waals surface area (Å²) in [4.78, 5) is 24.9. The largest absolute Gasteiger partial charge is 0.446 e. The summed E-state index contributed by atoms with van der Waals surface area (Å²) in [6, 6.07) is 16.2. The number of anilines is 1. The van der Waals surface area contributed by atoms with E-state index in [0.29, 0.717) is 16.8 Å². The van der Waals surface area contributed by atoms with Crippen molar-refractivity contribution in [3.8, 4) is 23.0 Å². The van der Waals surface area contributed by atoms with Crippen molar-refractivity contribution in [2.24, 2.45) is 5.73 Å². The van der Waals surface area contributed by atoms with Crippen molar-refractivity contribution in [3.63, 3.8) is 0 Å². The minimum atomic E-state index is -0.678. The van der Waals surface area contributed by atoms with E-state index < -0.39 is 6.09 Å². The Kier molecular flexibility index (Phi) is 7.36. The van der Waals surface area contributed by atoms with E-state index in [9.17, 15) is 4.79 Å². The summed E-state index contributed by atoms with van der Waals surface area (Å²) in [6.07, 6.45) is 5.69. The monoisotopic (exact) mass is 501 g/mol. The van der Waals surface area contributed by atoms with Crippen molar-refractivity contribution in [1.82, 2.24) is 14.9 Å². The molecule has 2 N–H and O–H groups in total. The second kappa shape index (κ2) is 11.0. The summed E-state index contributed by atoms with van der Waals surface area (Å²) >= 11 is 5.97. The highest BCUT2D eigenvalue weighted by Gasteiger charge is 2.31. The van der Waals surface area contributed by atoms with Crippen LogP contribution in [0.15, 0.2) is 60.9 Å². The Labute approximate surface area is 216 Å². The van der Waals surface area contributed by atoms with Crippen LogP contribution in [0.5, 0.6) is 0 Å². The number of aromatic nitrogens is 2. The zero-order valence-electron chi connectivity index (χ0n) is 19.9. The quantitative estimate of drug-likeness (QED) is 0.535. The Balaban J connectivity index is 1.15. The van der Waals surface area contributed by atoms with Gasteiger partial charge in [-0.25, -0.2) is 14.8 Å². The van der Waals surface area contributed by atoms with Crippen LogP contribution in [-0.2, 0) is 4.74 Å². The Hall–Kier alpha value is -3.60. The summed E-state index contributed by atoms with van der Waals surface area (Å²) in [7, 11) is 0. The number of amides is 1. The van der Waals surface area contributed by atoms with Gasteiger partial charge in [0.25, 0.3) is 0 Å². The van der Waals surface area contributed by atoms with Gasteiger partial charge < -0.3 is 15.4 Å². The summed E-state index contributed by atoms with van der Waals surface area (Å²) in [5, 5.41) is 0.715. The van der Waals surface area contributed by atoms with Crippen LogP contribution >= 0.6 is 11.6 Å². The second-order valence-corrected chi connectivity index (χ2v) is 9.59. The lowest BCUT2D eigenvalue weighted by Gasteiger charge is -2.35. The fourth-order valence-corrected chi connectivity index (χ4v) is 4.96. The fraction of sp³-hybridized carbons (Fsp3) is 0.321. The van der Waals surface area contributed by atoms with Crippen LogP contribution in [0.4, 0.5) is 10.6 Å². The highest BCUT2D eigenvalue weighted by atomic mass is 35.5. The topological polar surface area (TPSA) is 84.6 Å². The molecule has 5 rings (SSSR count). The van der Waals surface area contributed by atoms with E-state index in [1.54, 1.807) is 0 Å². The number of carbonyl (C=O) groups is 1. The summed E-state index contributed by atoms with van der Waals surface area (Å²) < 4.78 is 5.15. The number of benzene rings is 1. The highest BCUT2D eigenvalue weighted by Crippen LogP contribution is 2.25. The molecule has 184 valence electrons.